The van der Waals surface area contributed by atoms with Crippen LogP contribution < -0.4 is 14.8 Å². The lowest BCUT2D eigenvalue weighted by atomic mass is 9.88. The SMILES string of the molecule is CNCC(=O)N1CCC(c2ccc3[nH]c(-c4ccc(OC)c(OC)c4)c(CC(F)(F)F)c3c2)CC1. The summed E-state index contributed by atoms with van der Waals surface area (Å²) >= 11 is 0. The molecule has 1 aromatic heterocycles. The Morgan fingerprint density at radius 2 is 1.80 bits per heavy atom. The fourth-order valence-corrected chi connectivity index (χ4v) is 4.87. The summed E-state index contributed by atoms with van der Waals surface area (Å²) in [6.45, 7) is 1.59. The Balaban J connectivity index is 1.70. The first-order chi connectivity index (χ1) is 16.7. The van der Waals surface area contributed by atoms with Crippen molar-refractivity contribution in [2.24, 2.45) is 0 Å². The van der Waals surface area contributed by atoms with Crippen molar-refractivity contribution in [3.8, 4) is 22.8 Å². The van der Waals surface area contributed by atoms with Crippen molar-refractivity contribution in [1.29, 1.82) is 0 Å². The molecule has 6 nitrogen and oxygen atoms in total. The summed E-state index contributed by atoms with van der Waals surface area (Å²) in [6, 6.07) is 10.8. The van der Waals surface area contributed by atoms with Crippen molar-refractivity contribution in [3.63, 3.8) is 0 Å². The van der Waals surface area contributed by atoms with Crippen LogP contribution in [-0.4, -0.2) is 62.9 Å². The Hall–Kier alpha value is -3.20. The number of hydrogen-bond donors (Lipinski definition) is 2. The molecule has 0 saturated carbocycles. The van der Waals surface area contributed by atoms with Gasteiger partial charge in [0.15, 0.2) is 11.5 Å². The number of aromatic amines is 1. The van der Waals surface area contributed by atoms with Crippen LogP contribution in [0.2, 0.25) is 0 Å². The van der Waals surface area contributed by atoms with Crippen molar-refractivity contribution >= 4 is 16.8 Å². The Morgan fingerprint density at radius 3 is 2.43 bits per heavy atom. The van der Waals surface area contributed by atoms with Gasteiger partial charge in [-0.25, -0.2) is 0 Å². The van der Waals surface area contributed by atoms with Gasteiger partial charge in [0.25, 0.3) is 0 Å². The number of benzene rings is 2. The number of fused-ring (bicyclic) bond motifs is 1. The van der Waals surface area contributed by atoms with E-state index in [1.165, 1.54) is 14.2 Å². The molecule has 2 N–H and O–H groups in total. The van der Waals surface area contributed by atoms with Crippen LogP contribution in [0.5, 0.6) is 11.5 Å². The molecule has 2 aromatic carbocycles. The van der Waals surface area contributed by atoms with E-state index >= 15 is 0 Å². The van der Waals surface area contributed by atoms with Crippen molar-refractivity contribution in [3.05, 3.63) is 47.5 Å². The Kier molecular flexibility index (Phi) is 7.25. The predicted molar refractivity (Wildman–Crippen MR) is 129 cm³/mol. The third-order valence-electron chi connectivity index (χ3n) is 6.63. The summed E-state index contributed by atoms with van der Waals surface area (Å²) < 4.78 is 51.6. The van der Waals surface area contributed by atoms with Crippen LogP contribution >= 0.6 is 0 Å². The van der Waals surface area contributed by atoms with Gasteiger partial charge in [0, 0.05) is 29.6 Å². The molecule has 3 aromatic rings. The minimum absolute atomic E-state index is 0.0686. The Morgan fingerprint density at radius 1 is 1.09 bits per heavy atom. The van der Waals surface area contributed by atoms with E-state index in [0.29, 0.717) is 53.3 Å². The van der Waals surface area contributed by atoms with Gasteiger partial charge < -0.3 is 24.7 Å². The number of carbonyl (C=O) groups excluding carboxylic acids is 1. The highest BCUT2D eigenvalue weighted by molar-refractivity contribution is 5.92. The molecule has 0 bridgehead atoms. The number of likely N-dealkylation sites (tertiary alicyclic amines) is 1. The van der Waals surface area contributed by atoms with Crippen molar-refractivity contribution in [1.82, 2.24) is 15.2 Å². The molecule has 0 radical (unpaired) electrons. The molecule has 1 saturated heterocycles. The van der Waals surface area contributed by atoms with Gasteiger partial charge in [-0.05, 0) is 67.3 Å². The second-order valence-electron chi connectivity index (χ2n) is 8.83. The summed E-state index contributed by atoms with van der Waals surface area (Å²) in [4.78, 5) is 17.2. The number of aromatic nitrogens is 1. The molecule has 0 aliphatic carbocycles. The van der Waals surface area contributed by atoms with Crippen molar-refractivity contribution < 1.29 is 27.4 Å². The highest BCUT2D eigenvalue weighted by atomic mass is 19.4. The van der Waals surface area contributed by atoms with Crippen molar-refractivity contribution in [2.75, 3.05) is 40.9 Å². The minimum atomic E-state index is -4.37. The number of carbonyl (C=O) groups is 1. The maximum atomic E-state index is 13.6. The number of H-pyrrole nitrogens is 1. The third kappa shape index (κ3) is 5.40. The van der Waals surface area contributed by atoms with E-state index in [1.54, 1.807) is 25.2 Å². The molecule has 0 spiro atoms. The van der Waals surface area contributed by atoms with E-state index in [1.807, 2.05) is 23.1 Å². The number of nitrogens with one attached hydrogen (secondary N) is 2. The summed E-state index contributed by atoms with van der Waals surface area (Å²) in [6.07, 6.45) is -3.85. The number of ether oxygens (including phenoxy) is 2. The van der Waals surface area contributed by atoms with E-state index < -0.39 is 12.6 Å². The lowest BCUT2D eigenvalue weighted by Crippen LogP contribution is -2.41. The second-order valence-corrected chi connectivity index (χ2v) is 8.83. The van der Waals surface area contributed by atoms with Gasteiger partial charge in [0.2, 0.25) is 5.91 Å². The van der Waals surface area contributed by atoms with Gasteiger partial charge in [0.05, 0.1) is 32.9 Å². The first kappa shape index (κ1) is 24.9. The first-order valence-electron chi connectivity index (χ1n) is 11.6. The lowest BCUT2D eigenvalue weighted by Gasteiger charge is -2.32. The fraction of sp³-hybridized carbons (Fsp3) is 0.423. The molecule has 35 heavy (non-hydrogen) atoms. The van der Waals surface area contributed by atoms with E-state index in [2.05, 4.69) is 10.3 Å². The Bertz CT molecular complexity index is 1200. The van der Waals surface area contributed by atoms with E-state index in [0.717, 1.165) is 18.4 Å². The molecule has 0 atom stereocenters. The zero-order valence-electron chi connectivity index (χ0n) is 20.1. The van der Waals surface area contributed by atoms with Crippen LogP contribution in [0.1, 0.15) is 29.9 Å². The number of hydrogen-bond acceptors (Lipinski definition) is 4. The number of nitrogens with zero attached hydrogens (tertiary/aromatic N) is 1. The van der Waals surface area contributed by atoms with Crippen LogP contribution in [0.3, 0.4) is 0 Å². The molecule has 1 fully saturated rings. The molecule has 1 amide bonds. The molecular formula is C26H30F3N3O3. The van der Waals surface area contributed by atoms with Crippen molar-refractivity contribution in [2.45, 2.75) is 31.4 Å². The molecule has 4 rings (SSSR count). The highest BCUT2D eigenvalue weighted by Gasteiger charge is 2.32. The van der Waals surface area contributed by atoms with Crippen LogP contribution in [0.25, 0.3) is 22.2 Å². The number of alkyl halides is 3. The molecule has 9 heteroatoms. The highest BCUT2D eigenvalue weighted by Crippen LogP contribution is 2.40. The van der Waals surface area contributed by atoms with E-state index in [-0.39, 0.29) is 17.4 Å². The number of amides is 1. The zero-order valence-corrected chi connectivity index (χ0v) is 20.1. The van der Waals surface area contributed by atoms with Crippen LogP contribution in [-0.2, 0) is 11.2 Å². The fourth-order valence-electron chi connectivity index (χ4n) is 4.87. The zero-order chi connectivity index (χ0) is 25.2. The maximum absolute atomic E-state index is 13.6. The van der Waals surface area contributed by atoms with Gasteiger partial charge in [-0.1, -0.05) is 6.07 Å². The summed E-state index contributed by atoms with van der Waals surface area (Å²) in [5.74, 6) is 1.21. The van der Waals surface area contributed by atoms with Crippen LogP contribution in [0.4, 0.5) is 13.2 Å². The van der Waals surface area contributed by atoms with E-state index in [9.17, 15) is 18.0 Å². The normalized spacial score (nSPS) is 15.0. The molecule has 2 heterocycles. The predicted octanol–water partition coefficient (Wildman–Crippen LogP) is 4.88. The van der Waals surface area contributed by atoms with Crippen LogP contribution in [0.15, 0.2) is 36.4 Å². The van der Waals surface area contributed by atoms with Gasteiger partial charge in [-0.3, -0.25) is 4.79 Å². The van der Waals surface area contributed by atoms with Gasteiger partial charge in [-0.2, -0.15) is 13.2 Å². The second kappa shape index (κ2) is 10.2. The molecule has 0 unspecified atom stereocenters. The molecule has 1 aliphatic heterocycles. The Labute approximate surface area is 202 Å². The number of halogens is 3. The molecule has 1 aliphatic rings. The average molecular weight is 490 g/mol. The summed E-state index contributed by atoms with van der Waals surface area (Å²) in [5.41, 5.74) is 2.88. The first-order valence-corrected chi connectivity index (χ1v) is 11.6. The standard InChI is InChI=1S/C26H30F3N3O3/c1-30-15-24(33)32-10-8-16(9-11-32)17-4-6-21-19(12-17)20(14-26(27,28)29)25(31-21)18-5-7-22(34-2)23(13-18)35-3/h4-7,12-13,16,30-31H,8-11,14-15H2,1-3H3. The largest absolute Gasteiger partial charge is 0.493 e. The average Bonchev–Trinajstić information content (AvgIpc) is 3.19. The third-order valence-corrected chi connectivity index (χ3v) is 6.63. The maximum Gasteiger partial charge on any atom is 0.393 e. The quantitative estimate of drug-likeness (QED) is 0.496. The number of piperidine rings is 1. The van der Waals surface area contributed by atoms with Gasteiger partial charge in [-0.15, -0.1) is 0 Å². The molecular weight excluding hydrogens is 459 g/mol. The summed E-state index contributed by atoms with van der Waals surface area (Å²) in [7, 11) is 4.75. The summed E-state index contributed by atoms with van der Waals surface area (Å²) in [5, 5.41) is 3.45. The molecule has 188 valence electrons. The monoisotopic (exact) mass is 489 g/mol. The minimum Gasteiger partial charge on any atom is -0.493 e. The topological polar surface area (TPSA) is 66.6 Å². The lowest BCUT2D eigenvalue weighted by molar-refractivity contribution is -0.131. The van der Waals surface area contributed by atoms with Gasteiger partial charge >= 0.3 is 6.18 Å². The van der Waals surface area contributed by atoms with Crippen LogP contribution in [0, 0.1) is 0 Å². The van der Waals surface area contributed by atoms with Gasteiger partial charge in [0.1, 0.15) is 0 Å². The smallest absolute Gasteiger partial charge is 0.393 e. The number of likely N-dealkylation sites (N-methyl/N-ethyl adjacent to an activating group) is 1. The van der Waals surface area contributed by atoms with E-state index in [4.69, 9.17) is 9.47 Å². The number of rotatable bonds is 7. The number of methoxy groups -OCH3 is 2.